The van der Waals surface area contributed by atoms with Crippen molar-refractivity contribution in [2.75, 3.05) is 18.0 Å². The smallest absolute Gasteiger partial charge is 0.133 e. The highest BCUT2D eigenvalue weighted by Gasteiger charge is 2.20. The SMILES string of the molecule is CCN(CC1CCC1)c1cc(Br)ncn1. The highest BCUT2D eigenvalue weighted by Crippen LogP contribution is 2.28. The Morgan fingerprint density at radius 1 is 1.47 bits per heavy atom. The minimum atomic E-state index is 0.861. The van der Waals surface area contributed by atoms with Crippen molar-refractivity contribution >= 4 is 21.7 Å². The Labute approximate surface area is 99.0 Å². The summed E-state index contributed by atoms with van der Waals surface area (Å²) in [5.41, 5.74) is 0. The Bertz CT molecular complexity index is 325. The molecule has 1 fully saturated rings. The molecule has 1 aliphatic carbocycles. The third-order valence-corrected chi connectivity index (χ3v) is 3.46. The van der Waals surface area contributed by atoms with Gasteiger partial charge in [-0.05, 0) is 41.6 Å². The minimum absolute atomic E-state index is 0.861. The quantitative estimate of drug-likeness (QED) is 0.788. The lowest BCUT2D eigenvalue weighted by Crippen LogP contribution is -2.33. The molecule has 0 saturated heterocycles. The third-order valence-electron chi connectivity index (χ3n) is 3.03. The van der Waals surface area contributed by atoms with Gasteiger partial charge in [0.25, 0.3) is 0 Å². The fraction of sp³-hybridized carbons (Fsp3) is 0.636. The Morgan fingerprint density at radius 2 is 2.27 bits per heavy atom. The van der Waals surface area contributed by atoms with Gasteiger partial charge in [0.15, 0.2) is 0 Å². The molecule has 0 amide bonds. The van der Waals surface area contributed by atoms with E-state index in [1.165, 1.54) is 19.3 Å². The monoisotopic (exact) mass is 269 g/mol. The Morgan fingerprint density at radius 3 is 2.80 bits per heavy atom. The second-order valence-electron chi connectivity index (χ2n) is 4.03. The van der Waals surface area contributed by atoms with Gasteiger partial charge in [0.05, 0.1) is 0 Å². The molecule has 3 nitrogen and oxygen atoms in total. The van der Waals surface area contributed by atoms with Gasteiger partial charge in [-0.1, -0.05) is 6.42 Å². The van der Waals surface area contributed by atoms with Crippen LogP contribution in [0.15, 0.2) is 17.0 Å². The Kier molecular flexibility index (Phi) is 3.57. The van der Waals surface area contributed by atoms with Gasteiger partial charge in [0.2, 0.25) is 0 Å². The maximum absolute atomic E-state index is 4.31. The van der Waals surface area contributed by atoms with Crippen LogP contribution < -0.4 is 4.90 Å². The molecule has 1 aromatic heterocycles. The van der Waals surface area contributed by atoms with E-state index in [-0.39, 0.29) is 0 Å². The molecule has 1 saturated carbocycles. The molecule has 0 unspecified atom stereocenters. The van der Waals surface area contributed by atoms with E-state index in [2.05, 4.69) is 37.7 Å². The predicted molar refractivity (Wildman–Crippen MR) is 65.0 cm³/mol. The van der Waals surface area contributed by atoms with Gasteiger partial charge in [-0.15, -0.1) is 0 Å². The lowest BCUT2D eigenvalue weighted by Gasteiger charge is -2.32. The second kappa shape index (κ2) is 4.92. The third kappa shape index (κ3) is 2.68. The molecular formula is C11H16BrN3. The normalized spacial score (nSPS) is 16.1. The van der Waals surface area contributed by atoms with Crippen molar-refractivity contribution in [2.24, 2.45) is 5.92 Å². The summed E-state index contributed by atoms with van der Waals surface area (Å²) in [6.45, 7) is 4.33. The van der Waals surface area contributed by atoms with Gasteiger partial charge in [0, 0.05) is 19.2 Å². The molecule has 0 spiro atoms. The summed E-state index contributed by atoms with van der Waals surface area (Å²) in [7, 11) is 0. The van der Waals surface area contributed by atoms with Crippen LogP contribution in [0.1, 0.15) is 26.2 Å². The molecule has 1 aliphatic rings. The fourth-order valence-electron chi connectivity index (χ4n) is 1.87. The Balaban J connectivity index is 2.04. The summed E-state index contributed by atoms with van der Waals surface area (Å²) < 4.78 is 0.861. The van der Waals surface area contributed by atoms with Crippen LogP contribution in [0.4, 0.5) is 5.82 Å². The number of hydrogen-bond acceptors (Lipinski definition) is 3. The van der Waals surface area contributed by atoms with Gasteiger partial charge < -0.3 is 4.90 Å². The van der Waals surface area contributed by atoms with Crippen molar-refractivity contribution in [3.8, 4) is 0 Å². The molecule has 4 heteroatoms. The maximum Gasteiger partial charge on any atom is 0.133 e. The summed E-state index contributed by atoms with van der Waals surface area (Å²) in [6.07, 6.45) is 5.77. The van der Waals surface area contributed by atoms with E-state index in [0.29, 0.717) is 0 Å². The number of anilines is 1. The van der Waals surface area contributed by atoms with E-state index in [4.69, 9.17) is 0 Å². The van der Waals surface area contributed by atoms with E-state index in [1.807, 2.05) is 6.07 Å². The summed E-state index contributed by atoms with van der Waals surface area (Å²) >= 11 is 3.38. The van der Waals surface area contributed by atoms with E-state index in [1.54, 1.807) is 6.33 Å². The van der Waals surface area contributed by atoms with Crippen LogP contribution >= 0.6 is 15.9 Å². The molecule has 2 rings (SSSR count). The lowest BCUT2D eigenvalue weighted by molar-refractivity contribution is 0.318. The molecule has 1 aromatic rings. The van der Waals surface area contributed by atoms with Crippen LogP contribution in [-0.2, 0) is 0 Å². The van der Waals surface area contributed by atoms with Crippen LogP contribution in [0.25, 0.3) is 0 Å². The highest BCUT2D eigenvalue weighted by atomic mass is 79.9. The van der Waals surface area contributed by atoms with Gasteiger partial charge in [0.1, 0.15) is 16.7 Å². The zero-order valence-corrected chi connectivity index (χ0v) is 10.6. The van der Waals surface area contributed by atoms with E-state index >= 15 is 0 Å². The van der Waals surface area contributed by atoms with Crippen LogP contribution in [0.5, 0.6) is 0 Å². The van der Waals surface area contributed by atoms with Crippen molar-refractivity contribution in [3.05, 3.63) is 17.0 Å². The lowest BCUT2D eigenvalue weighted by atomic mass is 9.85. The second-order valence-corrected chi connectivity index (χ2v) is 4.85. The molecule has 82 valence electrons. The fourth-order valence-corrected chi connectivity index (χ4v) is 2.17. The first-order valence-electron chi connectivity index (χ1n) is 5.52. The summed E-state index contributed by atoms with van der Waals surface area (Å²) in [4.78, 5) is 10.7. The first kappa shape index (κ1) is 10.9. The van der Waals surface area contributed by atoms with Crippen molar-refractivity contribution in [3.63, 3.8) is 0 Å². The van der Waals surface area contributed by atoms with Crippen molar-refractivity contribution in [1.29, 1.82) is 0 Å². The first-order valence-corrected chi connectivity index (χ1v) is 6.31. The van der Waals surface area contributed by atoms with E-state index in [0.717, 1.165) is 29.4 Å². The van der Waals surface area contributed by atoms with Gasteiger partial charge >= 0.3 is 0 Å². The minimum Gasteiger partial charge on any atom is -0.356 e. The van der Waals surface area contributed by atoms with Crippen LogP contribution in [-0.4, -0.2) is 23.1 Å². The summed E-state index contributed by atoms with van der Waals surface area (Å²) in [5.74, 6) is 1.91. The number of nitrogens with zero attached hydrogens (tertiary/aromatic N) is 3. The van der Waals surface area contributed by atoms with Crippen LogP contribution in [0, 0.1) is 5.92 Å². The molecule has 0 atom stereocenters. The van der Waals surface area contributed by atoms with Gasteiger partial charge in [-0.2, -0.15) is 0 Å². The number of halogens is 1. The average Bonchev–Trinajstić information content (AvgIpc) is 2.16. The van der Waals surface area contributed by atoms with Crippen LogP contribution in [0.3, 0.4) is 0 Å². The van der Waals surface area contributed by atoms with Crippen molar-refractivity contribution in [1.82, 2.24) is 9.97 Å². The first-order chi connectivity index (χ1) is 7.29. The predicted octanol–water partition coefficient (Wildman–Crippen LogP) is 2.87. The molecule has 0 radical (unpaired) electrons. The van der Waals surface area contributed by atoms with Gasteiger partial charge in [-0.25, -0.2) is 9.97 Å². The van der Waals surface area contributed by atoms with Crippen molar-refractivity contribution < 1.29 is 0 Å². The molecule has 0 aliphatic heterocycles. The largest absolute Gasteiger partial charge is 0.356 e. The molecule has 0 N–H and O–H groups in total. The maximum atomic E-state index is 4.31. The average molecular weight is 270 g/mol. The molecular weight excluding hydrogens is 254 g/mol. The van der Waals surface area contributed by atoms with Crippen molar-refractivity contribution in [2.45, 2.75) is 26.2 Å². The number of aromatic nitrogens is 2. The van der Waals surface area contributed by atoms with Gasteiger partial charge in [-0.3, -0.25) is 0 Å². The topological polar surface area (TPSA) is 29.0 Å². The molecule has 15 heavy (non-hydrogen) atoms. The summed E-state index contributed by atoms with van der Waals surface area (Å²) in [5, 5.41) is 0. The van der Waals surface area contributed by atoms with E-state index < -0.39 is 0 Å². The molecule has 0 aromatic carbocycles. The highest BCUT2D eigenvalue weighted by molar-refractivity contribution is 9.10. The zero-order valence-electron chi connectivity index (χ0n) is 8.99. The molecule has 0 bridgehead atoms. The number of rotatable bonds is 4. The Hall–Kier alpha value is -0.640. The number of hydrogen-bond donors (Lipinski definition) is 0. The van der Waals surface area contributed by atoms with E-state index in [9.17, 15) is 0 Å². The zero-order chi connectivity index (χ0) is 10.7. The standard InChI is InChI=1S/C11H16BrN3/c1-2-15(7-9-4-3-5-9)11-6-10(12)13-8-14-11/h6,8-9H,2-5,7H2,1H3. The van der Waals surface area contributed by atoms with Crippen LogP contribution in [0.2, 0.25) is 0 Å². The summed E-state index contributed by atoms with van der Waals surface area (Å²) in [6, 6.07) is 1.99. The molecule has 1 heterocycles.